The van der Waals surface area contributed by atoms with E-state index in [-0.39, 0.29) is 21.8 Å². The summed E-state index contributed by atoms with van der Waals surface area (Å²) in [6.07, 6.45) is -1.12. The average molecular weight is 377 g/mol. The second kappa shape index (κ2) is 7.54. The number of nitrogens with one attached hydrogen (secondary N) is 1. The molecule has 1 atom stereocenters. The molecule has 0 saturated heterocycles. The van der Waals surface area contributed by atoms with Crippen molar-refractivity contribution in [3.8, 4) is 0 Å². The van der Waals surface area contributed by atoms with Crippen LogP contribution in [0.15, 0.2) is 47.4 Å². The van der Waals surface area contributed by atoms with E-state index in [0.717, 1.165) is 5.56 Å². The number of para-hydroxylation sites is 1. The van der Waals surface area contributed by atoms with Crippen molar-refractivity contribution in [2.24, 2.45) is 5.14 Å². The number of rotatable bonds is 5. The van der Waals surface area contributed by atoms with E-state index in [2.05, 4.69) is 5.32 Å². The molecule has 8 nitrogen and oxygen atoms in total. The van der Waals surface area contributed by atoms with Gasteiger partial charge in [-0.05, 0) is 43.7 Å². The molecule has 0 bridgehead atoms. The zero-order chi connectivity index (χ0) is 19.5. The molecule has 26 heavy (non-hydrogen) atoms. The molecule has 5 N–H and O–H groups in total. The Morgan fingerprint density at radius 1 is 1.15 bits per heavy atom. The van der Waals surface area contributed by atoms with Gasteiger partial charge in [-0.3, -0.25) is 4.79 Å². The lowest BCUT2D eigenvalue weighted by atomic mass is 10.1. The van der Waals surface area contributed by atoms with Gasteiger partial charge in [-0.15, -0.1) is 0 Å². The predicted molar refractivity (Wildman–Crippen MR) is 96.9 cm³/mol. The van der Waals surface area contributed by atoms with Crippen molar-refractivity contribution >= 4 is 33.3 Å². The lowest BCUT2D eigenvalue weighted by molar-refractivity contribution is -0.123. The Morgan fingerprint density at radius 3 is 2.46 bits per heavy atom. The summed E-state index contributed by atoms with van der Waals surface area (Å²) in [5.74, 6) is -1.36. The summed E-state index contributed by atoms with van der Waals surface area (Å²) in [6.45, 7) is 3.14. The average Bonchev–Trinajstić information content (AvgIpc) is 2.56. The number of primary sulfonamides is 1. The van der Waals surface area contributed by atoms with Gasteiger partial charge < -0.3 is 15.8 Å². The van der Waals surface area contributed by atoms with Crippen molar-refractivity contribution in [2.75, 3.05) is 11.1 Å². The molecular weight excluding hydrogens is 358 g/mol. The molecule has 138 valence electrons. The molecule has 0 heterocycles. The Morgan fingerprint density at radius 2 is 1.81 bits per heavy atom. The third-order valence-corrected chi connectivity index (χ3v) is 4.54. The first-order valence-corrected chi connectivity index (χ1v) is 9.14. The van der Waals surface area contributed by atoms with Gasteiger partial charge in [0.15, 0.2) is 6.10 Å². The van der Waals surface area contributed by atoms with Gasteiger partial charge in [0.2, 0.25) is 10.0 Å². The van der Waals surface area contributed by atoms with Gasteiger partial charge in [0, 0.05) is 11.4 Å². The number of nitrogen functional groups attached to an aromatic ring is 1. The smallest absolute Gasteiger partial charge is 0.341 e. The van der Waals surface area contributed by atoms with E-state index in [4.69, 9.17) is 15.6 Å². The number of ether oxygens (including phenoxy) is 1. The molecule has 0 spiro atoms. The molecule has 0 aromatic heterocycles. The number of hydrogen-bond donors (Lipinski definition) is 3. The highest BCUT2D eigenvalue weighted by atomic mass is 32.2. The first kappa shape index (κ1) is 19.4. The molecule has 0 fully saturated rings. The van der Waals surface area contributed by atoms with Crippen molar-refractivity contribution in [1.82, 2.24) is 0 Å². The molecule has 0 saturated carbocycles. The van der Waals surface area contributed by atoms with E-state index in [1.165, 1.54) is 37.3 Å². The molecule has 0 aliphatic carbocycles. The number of carbonyl (C=O) groups is 2. The minimum atomic E-state index is -3.90. The Labute approximate surface area is 151 Å². The fourth-order valence-corrected chi connectivity index (χ4v) is 2.69. The van der Waals surface area contributed by atoms with E-state index < -0.39 is 28.0 Å². The maximum Gasteiger partial charge on any atom is 0.341 e. The summed E-state index contributed by atoms with van der Waals surface area (Å²) < 4.78 is 27.8. The van der Waals surface area contributed by atoms with Crippen LogP contribution in [0.1, 0.15) is 22.8 Å². The van der Waals surface area contributed by atoms with Crippen LogP contribution in [0, 0.1) is 6.92 Å². The Kier molecular flexibility index (Phi) is 5.63. The normalized spacial score (nSPS) is 12.3. The Balaban J connectivity index is 2.08. The van der Waals surface area contributed by atoms with Crippen molar-refractivity contribution in [2.45, 2.75) is 24.8 Å². The number of aryl methyl sites for hydroxylation is 1. The number of esters is 1. The van der Waals surface area contributed by atoms with Crippen LogP contribution < -0.4 is 16.2 Å². The fraction of sp³-hybridized carbons (Fsp3) is 0.176. The molecule has 9 heteroatoms. The van der Waals surface area contributed by atoms with Crippen LogP contribution in [0.4, 0.5) is 11.4 Å². The minimum Gasteiger partial charge on any atom is -0.449 e. The number of nitrogens with two attached hydrogens (primary N) is 2. The maximum absolute atomic E-state index is 12.2. The highest BCUT2D eigenvalue weighted by Crippen LogP contribution is 2.19. The van der Waals surface area contributed by atoms with Crippen LogP contribution in [0.3, 0.4) is 0 Å². The Hall–Kier alpha value is -2.91. The van der Waals surface area contributed by atoms with E-state index in [1.54, 1.807) is 19.1 Å². The minimum absolute atomic E-state index is 0.146. The molecule has 0 aliphatic heterocycles. The van der Waals surface area contributed by atoms with E-state index in [0.29, 0.717) is 0 Å². The van der Waals surface area contributed by atoms with Crippen LogP contribution in [0.5, 0.6) is 0 Å². The summed E-state index contributed by atoms with van der Waals surface area (Å²) in [5.41, 5.74) is 7.22. The summed E-state index contributed by atoms with van der Waals surface area (Å²) in [7, 11) is -3.90. The van der Waals surface area contributed by atoms with Crippen LogP contribution >= 0.6 is 0 Å². The summed E-state index contributed by atoms with van der Waals surface area (Å²) in [6, 6.07) is 10.3. The third kappa shape index (κ3) is 4.58. The summed E-state index contributed by atoms with van der Waals surface area (Å²) in [4.78, 5) is 24.2. The zero-order valence-corrected chi connectivity index (χ0v) is 15.0. The van der Waals surface area contributed by atoms with Gasteiger partial charge >= 0.3 is 5.97 Å². The highest BCUT2D eigenvalue weighted by molar-refractivity contribution is 7.89. The molecule has 2 rings (SSSR count). The largest absolute Gasteiger partial charge is 0.449 e. The first-order chi connectivity index (χ1) is 12.1. The van der Waals surface area contributed by atoms with Gasteiger partial charge in [0.25, 0.3) is 5.91 Å². The molecule has 2 aromatic carbocycles. The molecule has 0 unspecified atom stereocenters. The quantitative estimate of drug-likeness (QED) is 0.531. The van der Waals surface area contributed by atoms with E-state index >= 15 is 0 Å². The SMILES string of the molecule is Cc1cccc(C(=O)O[C@@H](C)C(=O)Nc2cccc(S(N)(=O)=O)c2)c1N. The van der Waals surface area contributed by atoms with Crippen LogP contribution in [0.25, 0.3) is 0 Å². The van der Waals surface area contributed by atoms with Crippen molar-refractivity contribution in [3.63, 3.8) is 0 Å². The second-order valence-corrected chi connectivity index (χ2v) is 7.21. The van der Waals surface area contributed by atoms with Gasteiger partial charge in [0.05, 0.1) is 10.5 Å². The standard InChI is InChI=1S/C17H19N3O5S/c1-10-5-3-8-14(15(10)18)17(22)25-11(2)16(21)20-12-6-4-7-13(9-12)26(19,23)24/h3-9,11H,18H2,1-2H3,(H,20,21)(H2,19,23,24)/t11-/m0/s1. The van der Waals surface area contributed by atoms with Gasteiger partial charge in [-0.1, -0.05) is 18.2 Å². The van der Waals surface area contributed by atoms with Crippen LogP contribution in [0.2, 0.25) is 0 Å². The summed E-state index contributed by atoms with van der Waals surface area (Å²) in [5, 5.41) is 7.52. The lowest BCUT2D eigenvalue weighted by Crippen LogP contribution is -2.30. The molecule has 1 amide bonds. The number of carbonyl (C=O) groups excluding carboxylic acids is 2. The predicted octanol–water partition coefficient (Wildman–Crippen LogP) is 1.41. The van der Waals surface area contributed by atoms with E-state index in [1.807, 2.05) is 0 Å². The van der Waals surface area contributed by atoms with Crippen molar-refractivity contribution in [1.29, 1.82) is 0 Å². The number of benzene rings is 2. The van der Waals surface area contributed by atoms with Crippen molar-refractivity contribution in [3.05, 3.63) is 53.6 Å². The number of anilines is 2. The Bertz CT molecular complexity index is 957. The molecule has 0 radical (unpaired) electrons. The van der Waals surface area contributed by atoms with E-state index in [9.17, 15) is 18.0 Å². The molecule has 0 aliphatic rings. The van der Waals surface area contributed by atoms with Gasteiger partial charge in [-0.2, -0.15) is 0 Å². The zero-order valence-electron chi connectivity index (χ0n) is 14.2. The van der Waals surface area contributed by atoms with Crippen LogP contribution in [-0.4, -0.2) is 26.4 Å². The lowest BCUT2D eigenvalue weighted by Gasteiger charge is -2.15. The number of amides is 1. The molecular formula is C17H19N3O5S. The molecule has 2 aromatic rings. The van der Waals surface area contributed by atoms with Gasteiger partial charge in [0.1, 0.15) is 0 Å². The monoisotopic (exact) mass is 377 g/mol. The highest BCUT2D eigenvalue weighted by Gasteiger charge is 2.21. The fourth-order valence-electron chi connectivity index (χ4n) is 2.13. The van der Waals surface area contributed by atoms with Crippen LogP contribution in [-0.2, 0) is 19.6 Å². The number of sulfonamides is 1. The maximum atomic E-state index is 12.2. The third-order valence-electron chi connectivity index (χ3n) is 3.63. The summed E-state index contributed by atoms with van der Waals surface area (Å²) >= 11 is 0. The first-order valence-electron chi connectivity index (χ1n) is 7.59. The second-order valence-electron chi connectivity index (χ2n) is 5.65. The van der Waals surface area contributed by atoms with Crippen molar-refractivity contribution < 1.29 is 22.7 Å². The topological polar surface area (TPSA) is 142 Å². The number of hydrogen-bond acceptors (Lipinski definition) is 6. The van der Waals surface area contributed by atoms with Gasteiger partial charge in [-0.25, -0.2) is 18.4 Å².